The molecule has 0 radical (unpaired) electrons. The minimum absolute atomic E-state index is 0.129. The van der Waals surface area contributed by atoms with Gasteiger partial charge in [0.2, 0.25) is 0 Å². The first kappa shape index (κ1) is 13.2. The maximum atomic E-state index is 12.4. The summed E-state index contributed by atoms with van der Waals surface area (Å²) in [6.45, 7) is 9.72. The van der Waals surface area contributed by atoms with Crippen LogP contribution in [0.1, 0.15) is 34.2 Å². The van der Waals surface area contributed by atoms with Crippen LogP contribution in [-0.2, 0) is 6.42 Å². The van der Waals surface area contributed by atoms with Crippen molar-refractivity contribution in [2.24, 2.45) is 0 Å². The molecule has 0 N–H and O–H groups in total. The van der Waals surface area contributed by atoms with E-state index in [4.69, 9.17) is 0 Å². The summed E-state index contributed by atoms with van der Waals surface area (Å²) in [6.07, 6.45) is 3.96. The lowest BCUT2D eigenvalue weighted by Crippen LogP contribution is -2.15. The molecule has 0 aliphatic rings. The number of nitrogens with zero attached hydrogens (tertiary/aromatic N) is 3. The fraction of sp³-hybridized carbons (Fsp3) is 0.267. The van der Waals surface area contributed by atoms with Crippen LogP contribution >= 0.6 is 0 Å². The number of carbonyl (C=O) groups is 1. The molecular weight excluding hydrogens is 238 g/mol. The van der Waals surface area contributed by atoms with Gasteiger partial charge < -0.3 is 0 Å². The van der Waals surface area contributed by atoms with Crippen LogP contribution in [-0.4, -0.2) is 20.7 Å². The van der Waals surface area contributed by atoms with E-state index >= 15 is 0 Å². The Morgan fingerprint density at radius 1 is 1.32 bits per heavy atom. The third-order valence-corrected chi connectivity index (χ3v) is 3.04. The second kappa shape index (κ2) is 5.18. The van der Waals surface area contributed by atoms with E-state index < -0.39 is 0 Å². The van der Waals surface area contributed by atoms with Gasteiger partial charge in [0.15, 0.2) is 0 Å². The van der Waals surface area contributed by atoms with Gasteiger partial charge in [-0.05, 0) is 39.3 Å². The highest BCUT2D eigenvalue weighted by molar-refractivity contribution is 5.95. The Balaban J connectivity index is 2.42. The van der Waals surface area contributed by atoms with Crippen LogP contribution in [0.15, 0.2) is 36.7 Å². The molecule has 19 heavy (non-hydrogen) atoms. The maximum Gasteiger partial charge on any atom is 0.278 e. The largest absolute Gasteiger partial charge is 0.278 e. The summed E-state index contributed by atoms with van der Waals surface area (Å²) in [4.78, 5) is 16.3. The van der Waals surface area contributed by atoms with Gasteiger partial charge in [0.05, 0.1) is 5.69 Å². The number of hydrogen-bond donors (Lipinski definition) is 0. The lowest BCUT2D eigenvalue weighted by Gasteiger charge is -2.04. The summed E-state index contributed by atoms with van der Waals surface area (Å²) >= 11 is 0. The normalized spacial score (nSPS) is 10.5. The number of rotatable bonds is 3. The molecule has 0 aliphatic carbocycles. The van der Waals surface area contributed by atoms with Crippen molar-refractivity contribution in [3.05, 3.63) is 59.2 Å². The van der Waals surface area contributed by atoms with Crippen LogP contribution in [0.5, 0.6) is 0 Å². The smallest absolute Gasteiger partial charge is 0.267 e. The molecule has 0 aromatic carbocycles. The van der Waals surface area contributed by atoms with Crippen LogP contribution in [0.2, 0.25) is 0 Å². The Hall–Kier alpha value is -2.23. The van der Waals surface area contributed by atoms with Crippen molar-refractivity contribution in [3.63, 3.8) is 0 Å². The second-order valence-electron chi connectivity index (χ2n) is 4.74. The molecule has 0 fully saturated rings. The summed E-state index contributed by atoms with van der Waals surface area (Å²) in [5.74, 6) is -0.129. The zero-order valence-electron chi connectivity index (χ0n) is 11.5. The Morgan fingerprint density at radius 3 is 2.53 bits per heavy atom. The van der Waals surface area contributed by atoms with Gasteiger partial charge in [-0.3, -0.25) is 9.78 Å². The van der Waals surface area contributed by atoms with E-state index in [0.29, 0.717) is 5.56 Å². The molecule has 0 aliphatic heterocycles. The average molecular weight is 255 g/mol. The minimum Gasteiger partial charge on any atom is -0.267 e. The molecule has 0 amide bonds. The van der Waals surface area contributed by atoms with Gasteiger partial charge in [-0.15, -0.1) is 0 Å². The van der Waals surface area contributed by atoms with Crippen LogP contribution in [0.4, 0.5) is 0 Å². The Morgan fingerprint density at radius 2 is 1.95 bits per heavy atom. The van der Waals surface area contributed by atoms with E-state index in [0.717, 1.165) is 28.9 Å². The van der Waals surface area contributed by atoms with E-state index in [9.17, 15) is 4.79 Å². The highest BCUT2D eigenvalue weighted by Crippen LogP contribution is 2.17. The Bertz CT molecular complexity index is 626. The fourth-order valence-corrected chi connectivity index (χ4v) is 2.05. The lowest BCUT2D eigenvalue weighted by molar-refractivity contribution is 0.0942. The number of pyridine rings is 1. The fourth-order valence-electron chi connectivity index (χ4n) is 2.05. The minimum atomic E-state index is -0.129. The molecule has 0 saturated carbocycles. The summed E-state index contributed by atoms with van der Waals surface area (Å²) in [5.41, 5.74) is 4.48. The highest BCUT2D eigenvalue weighted by Gasteiger charge is 2.17. The quantitative estimate of drug-likeness (QED) is 0.792. The van der Waals surface area contributed by atoms with E-state index in [2.05, 4.69) is 16.7 Å². The molecule has 4 heteroatoms. The van der Waals surface area contributed by atoms with E-state index in [1.807, 2.05) is 20.8 Å². The molecule has 0 saturated heterocycles. The monoisotopic (exact) mass is 255 g/mol. The second-order valence-corrected chi connectivity index (χ2v) is 4.74. The van der Waals surface area contributed by atoms with Crippen molar-refractivity contribution in [1.29, 1.82) is 0 Å². The van der Waals surface area contributed by atoms with Gasteiger partial charge >= 0.3 is 0 Å². The molecule has 2 aromatic rings. The number of hydrogen-bond acceptors (Lipinski definition) is 3. The summed E-state index contributed by atoms with van der Waals surface area (Å²) < 4.78 is 1.46. The number of allylic oxidation sites excluding steroid dienone is 1. The van der Waals surface area contributed by atoms with Crippen molar-refractivity contribution in [3.8, 4) is 0 Å². The van der Waals surface area contributed by atoms with Crippen molar-refractivity contribution in [2.75, 3.05) is 0 Å². The van der Waals surface area contributed by atoms with Gasteiger partial charge in [0, 0.05) is 29.2 Å². The van der Waals surface area contributed by atoms with Gasteiger partial charge in [-0.25, -0.2) is 4.68 Å². The first-order valence-electron chi connectivity index (χ1n) is 6.15. The summed E-state index contributed by atoms with van der Waals surface area (Å²) in [5, 5.41) is 4.35. The lowest BCUT2D eigenvalue weighted by atomic mass is 10.1. The van der Waals surface area contributed by atoms with E-state index in [1.54, 1.807) is 24.5 Å². The van der Waals surface area contributed by atoms with Crippen molar-refractivity contribution in [1.82, 2.24) is 14.8 Å². The van der Waals surface area contributed by atoms with Crippen molar-refractivity contribution in [2.45, 2.75) is 27.2 Å². The predicted octanol–water partition coefficient (Wildman–Crippen LogP) is 2.70. The van der Waals surface area contributed by atoms with Gasteiger partial charge in [0.25, 0.3) is 5.91 Å². The van der Waals surface area contributed by atoms with Crippen molar-refractivity contribution < 1.29 is 4.79 Å². The molecule has 2 aromatic heterocycles. The third kappa shape index (κ3) is 2.62. The summed E-state index contributed by atoms with van der Waals surface area (Å²) in [6, 6.07) is 3.38. The highest BCUT2D eigenvalue weighted by atomic mass is 16.2. The van der Waals surface area contributed by atoms with Crippen LogP contribution in [0, 0.1) is 13.8 Å². The molecule has 98 valence electrons. The molecule has 4 nitrogen and oxygen atoms in total. The van der Waals surface area contributed by atoms with Crippen LogP contribution < -0.4 is 0 Å². The van der Waals surface area contributed by atoms with Gasteiger partial charge in [-0.2, -0.15) is 5.10 Å². The van der Waals surface area contributed by atoms with E-state index in [-0.39, 0.29) is 5.91 Å². The summed E-state index contributed by atoms with van der Waals surface area (Å²) in [7, 11) is 0. The Labute approximate surface area is 112 Å². The number of aryl methyl sites for hydroxylation is 1. The first-order valence-corrected chi connectivity index (χ1v) is 6.15. The molecular formula is C15H17N3O. The number of aromatic nitrogens is 3. The van der Waals surface area contributed by atoms with Crippen LogP contribution in [0.3, 0.4) is 0 Å². The molecule has 0 atom stereocenters. The molecule has 0 spiro atoms. The topological polar surface area (TPSA) is 47.8 Å². The van der Waals surface area contributed by atoms with E-state index in [1.165, 1.54) is 4.68 Å². The molecule has 0 bridgehead atoms. The predicted molar refractivity (Wildman–Crippen MR) is 74.2 cm³/mol. The molecule has 2 rings (SSSR count). The zero-order chi connectivity index (χ0) is 14.0. The molecule has 2 heterocycles. The van der Waals surface area contributed by atoms with Gasteiger partial charge in [-0.1, -0.05) is 12.2 Å². The Kier molecular flexibility index (Phi) is 3.60. The number of carbonyl (C=O) groups excluding carboxylic acids is 1. The van der Waals surface area contributed by atoms with Crippen molar-refractivity contribution >= 4 is 5.91 Å². The zero-order valence-corrected chi connectivity index (χ0v) is 11.5. The first-order chi connectivity index (χ1) is 9.00. The average Bonchev–Trinajstić information content (AvgIpc) is 2.66. The standard InChI is InChI=1S/C15H17N3O/c1-10(2)9-14-11(3)17-18(12(14)4)15(19)13-5-7-16-8-6-13/h5-8H,1,9H2,2-4H3. The maximum absolute atomic E-state index is 12.4. The van der Waals surface area contributed by atoms with Gasteiger partial charge in [0.1, 0.15) is 0 Å². The SMILES string of the molecule is C=C(C)Cc1c(C)nn(C(=O)c2ccncc2)c1C. The van der Waals surface area contributed by atoms with Crippen LogP contribution in [0.25, 0.3) is 0 Å². The third-order valence-electron chi connectivity index (χ3n) is 3.04. The molecule has 0 unspecified atom stereocenters.